The Bertz CT molecular complexity index is 548. The number of carbonyl (C=O) groups is 1. The van der Waals surface area contributed by atoms with Crippen LogP contribution >= 0.6 is 0 Å². The lowest BCUT2D eigenvalue weighted by Gasteiger charge is -2.23. The van der Waals surface area contributed by atoms with Gasteiger partial charge in [-0.3, -0.25) is 4.79 Å². The Hall–Kier alpha value is -0.770. The van der Waals surface area contributed by atoms with Crippen molar-refractivity contribution in [2.75, 3.05) is 40.0 Å². The van der Waals surface area contributed by atoms with Crippen LogP contribution in [0.25, 0.3) is 0 Å². The summed E-state index contributed by atoms with van der Waals surface area (Å²) < 4.78 is 27.2. The molecule has 0 bridgehead atoms. The first-order valence-electron chi connectivity index (χ1n) is 17.4. The summed E-state index contributed by atoms with van der Waals surface area (Å²) in [5.74, 6) is -0.0873. The van der Waals surface area contributed by atoms with Crippen molar-refractivity contribution < 1.29 is 38.7 Å². The Morgan fingerprint density at radius 2 is 1.14 bits per heavy atom. The molecule has 0 amide bonds. The van der Waals surface area contributed by atoms with Crippen LogP contribution in [0.1, 0.15) is 156 Å². The van der Waals surface area contributed by atoms with Gasteiger partial charge in [0.25, 0.3) is 0 Å². The standard InChI is InChI=1S/C34H68O8/c1-4-7-8-9-15-20-25-33(42-30-39-6-3)32(36)24-19-14-10-11-17-22-27-40-34(37)26-21-16-12-13-18-23-31(28-35)41-29-38-5-2/h31-33,35-36H,4-30H2,1-3H3. The second-order valence-electron chi connectivity index (χ2n) is 11.5. The largest absolute Gasteiger partial charge is 0.466 e. The zero-order valence-corrected chi connectivity index (χ0v) is 27.7. The molecule has 0 aliphatic heterocycles. The fraction of sp³-hybridized carbons (Fsp3) is 0.971. The van der Waals surface area contributed by atoms with E-state index >= 15 is 0 Å². The van der Waals surface area contributed by atoms with Crippen LogP contribution in [-0.4, -0.2) is 74.5 Å². The second kappa shape index (κ2) is 33.1. The number of rotatable bonds is 34. The molecule has 0 saturated carbocycles. The first-order chi connectivity index (χ1) is 20.6. The second-order valence-corrected chi connectivity index (χ2v) is 11.5. The molecular weight excluding hydrogens is 536 g/mol. The third-order valence-electron chi connectivity index (χ3n) is 7.70. The molecule has 252 valence electrons. The topological polar surface area (TPSA) is 104 Å². The molecule has 3 atom stereocenters. The van der Waals surface area contributed by atoms with Crippen molar-refractivity contribution in [3.05, 3.63) is 0 Å². The van der Waals surface area contributed by atoms with E-state index in [1.807, 2.05) is 13.8 Å². The van der Waals surface area contributed by atoms with Gasteiger partial charge < -0.3 is 33.9 Å². The predicted octanol–water partition coefficient (Wildman–Crippen LogP) is 7.85. The highest BCUT2D eigenvalue weighted by Crippen LogP contribution is 2.18. The lowest BCUT2D eigenvalue weighted by atomic mass is 9.99. The smallest absolute Gasteiger partial charge is 0.305 e. The number of carbonyl (C=O) groups excluding carboxylic acids is 1. The Morgan fingerprint density at radius 1 is 0.619 bits per heavy atom. The molecule has 0 aromatic carbocycles. The van der Waals surface area contributed by atoms with E-state index in [2.05, 4.69) is 6.92 Å². The van der Waals surface area contributed by atoms with Crippen LogP contribution in [0.4, 0.5) is 0 Å². The van der Waals surface area contributed by atoms with E-state index in [0.29, 0.717) is 26.2 Å². The van der Waals surface area contributed by atoms with Gasteiger partial charge in [0.1, 0.15) is 13.6 Å². The van der Waals surface area contributed by atoms with Gasteiger partial charge in [0.05, 0.1) is 31.5 Å². The first kappa shape index (κ1) is 41.2. The van der Waals surface area contributed by atoms with Crippen LogP contribution in [0.2, 0.25) is 0 Å². The molecule has 3 unspecified atom stereocenters. The highest BCUT2D eigenvalue weighted by atomic mass is 16.7. The number of aliphatic hydroxyl groups is 2. The van der Waals surface area contributed by atoms with Crippen LogP contribution in [0, 0.1) is 0 Å². The van der Waals surface area contributed by atoms with Gasteiger partial charge >= 0.3 is 5.97 Å². The average molecular weight is 605 g/mol. The summed E-state index contributed by atoms with van der Waals surface area (Å²) >= 11 is 0. The third-order valence-corrected chi connectivity index (χ3v) is 7.70. The molecule has 0 radical (unpaired) electrons. The van der Waals surface area contributed by atoms with Crippen LogP contribution in [0.15, 0.2) is 0 Å². The van der Waals surface area contributed by atoms with Crippen molar-refractivity contribution in [3.63, 3.8) is 0 Å². The van der Waals surface area contributed by atoms with Gasteiger partial charge in [-0.25, -0.2) is 0 Å². The zero-order valence-electron chi connectivity index (χ0n) is 27.7. The SMILES string of the molecule is CCCCCCCCC(OCOCC)C(O)CCCCCCCCOC(=O)CCCCCCCC(CO)OCOCC. The van der Waals surface area contributed by atoms with Gasteiger partial charge in [0.2, 0.25) is 0 Å². The average Bonchev–Trinajstić information content (AvgIpc) is 2.99. The van der Waals surface area contributed by atoms with Gasteiger partial charge in [0.15, 0.2) is 0 Å². The van der Waals surface area contributed by atoms with Crippen molar-refractivity contribution in [1.29, 1.82) is 0 Å². The van der Waals surface area contributed by atoms with E-state index in [1.165, 1.54) is 32.1 Å². The molecule has 0 heterocycles. The summed E-state index contributed by atoms with van der Waals surface area (Å²) in [4.78, 5) is 12.0. The van der Waals surface area contributed by atoms with Crippen LogP contribution in [0.5, 0.6) is 0 Å². The molecule has 2 N–H and O–H groups in total. The maximum atomic E-state index is 12.0. The number of ether oxygens (including phenoxy) is 5. The molecular formula is C34H68O8. The van der Waals surface area contributed by atoms with E-state index in [0.717, 1.165) is 96.3 Å². The van der Waals surface area contributed by atoms with E-state index in [9.17, 15) is 15.0 Å². The number of hydrogen-bond acceptors (Lipinski definition) is 8. The van der Waals surface area contributed by atoms with Crippen LogP contribution in [0.3, 0.4) is 0 Å². The molecule has 0 saturated heterocycles. The van der Waals surface area contributed by atoms with Gasteiger partial charge in [-0.05, 0) is 46.0 Å². The Morgan fingerprint density at radius 3 is 1.76 bits per heavy atom. The number of esters is 1. The molecule has 8 heteroatoms. The summed E-state index contributed by atoms with van der Waals surface area (Å²) in [5.41, 5.74) is 0. The molecule has 0 aromatic heterocycles. The molecule has 0 aliphatic carbocycles. The number of hydrogen-bond donors (Lipinski definition) is 2. The zero-order chi connectivity index (χ0) is 30.9. The minimum Gasteiger partial charge on any atom is -0.466 e. The van der Waals surface area contributed by atoms with E-state index in [4.69, 9.17) is 23.7 Å². The molecule has 0 rings (SSSR count). The van der Waals surface area contributed by atoms with Gasteiger partial charge in [-0.1, -0.05) is 103 Å². The highest BCUT2D eigenvalue weighted by Gasteiger charge is 2.19. The summed E-state index contributed by atoms with van der Waals surface area (Å²) in [6.45, 7) is 8.38. The van der Waals surface area contributed by atoms with Gasteiger partial charge in [-0.15, -0.1) is 0 Å². The molecule has 8 nitrogen and oxygen atoms in total. The quantitative estimate of drug-likeness (QED) is 0.0435. The first-order valence-corrected chi connectivity index (χ1v) is 17.4. The van der Waals surface area contributed by atoms with E-state index in [1.54, 1.807) is 0 Å². The van der Waals surface area contributed by atoms with Gasteiger partial charge in [0, 0.05) is 19.6 Å². The van der Waals surface area contributed by atoms with Crippen molar-refractivity contribution in [3.8, 4) is 0 Å². The maximum absolute atomic E-state index is 12.0. The number of aliphatic hydroxyl groups excluding tert-OH is 2. The highest BCUT2D eigenvalue weighted by molar-refractivity contribution is 5.69. The van der Waals surface area contributed by atoms with Crippen LogP contribution in [-0.2, 0) is 28.5 Å². The minimum absolute atomic E-state index is 0.0222. The maximum Gasteiger partial charge on any atom is 0.305 e. The monoisotopic (exact) mass is 604 g/mol. The van der Waals surface area contributed by atoms with E-state index in [-0.39, 0.29) is 38.4 Å². The summed E-state index contributed by atoms with van der Waals surface area (Å²) in [7, 11) is 0. The lowest BCUT2D eigenvalue weighted by molar-refractivity contribution is -0.143. The Balaban J connectivity index is 3.69. The molecule has 0 aromatic rings. The summed E-state index contributed by atoms with van der Waals surface area (Å²) in [6, 6.07) is 0. The number of unbranched alkanes of at least 4 members (excludes halogenated alkanes) is 14. The fourth-order valence-corrected chi connectivity index (χ4v) is 4.96. The summed E-state index contributed by atoms with van der Waals surface area (Å²) in [5, 5.41) is 20.0. The third kappa shape index (κ3) is 28.0. The lowest BCUT2D eigenvalue weighted by Crippen LogP contribution is -2.30. The molecule has 0 fully saturated rings. The molecule has 0 spiro atoms. The van der Waals surface area contributed by atoms with Crippen molar-refractivity contribution >= 4 is 5.97 Å². The molecule has 42 heavy (non-hydrogen) atoms. The fourth-order valence-electron chi connectivity index (χ4n) is 4.96. The minimum atomic E-state index is -0.426. The van der Waals surface area contributed by atoms with Crippen LogP contribution < -0.4 is 0 Å². The van der Waals surface area contributed by atoms with Crippen molar-refractivity contribution in [1.82, 2.24) is 0 Å². The summed E-state index contributed by atoms with van der Waals surface area (Å²) in [6.07, 6.45) is 21.1. The normalized spacial score (nSPS) is 13.7. The Labute approximate surface area is 258 Å². The van der Waals surface area contributed by atoms with Crippen molar-refractivity contribution in [2.24, 2.45) is 0 Å². The predicted molar refractivity (Wildman–Crippen MR) is 169 cm³/mol. The van der Waals surface area contributed by atoms with Gasteiger partial charge in [-0.2, -0.15) is 0 Å². The van der Waals surface area contributed by atoms with E-state index < -0.39 is 6.10 Å². The molecule has 0 aliphatic rings. The van der Waals surface area contributed by atoms with Crippen molar-refractivity contribution in [2.45, 2.75) is 174 Å². The Kier molecular flexibility index (Phi) is 32.5.